The van der Waals surface area contributed by atoms with Gasteiger partial charge < -0.3 is 15.3 Å². The van der Waals surface area contributed by atoms with Crippen molar-refractivity contribution in [1.29, 1.82) is 0 Å². The van der Waals surface area contributed by atoms with E-state index in [0.29, 0.717) is 12.8 Å². The lowest BCUT2D eigenvalue weighted by Crippen LogP contribution is -2.38. The van der Waals surface area contributed by atoms with Gasteiger partial charge in [0.15, 0.2) is 5.78 Å². The lowest BCUT2D eigenvalue weighted by Gasteiger charge is -2.24. The van der Waals surface area contributed by atoms with E-state index in [1.54, 1.807) is 0 Å². The molecule has 0 aliphatic carbocycles. The van der Waals surface area contributed by atoms with Crippen molar-refractivity contribution in [1.82, 2.24) is 0 Å². The van der Waals surface area contributed by atoms with Gasteiger partial charge in [-0.2, -0.15) is 0 Å². The van der Waals surface area contributed by atoms with E-state index >= 15 is 0 Å². The monoisotopic (exact) mass is 623 g/mol. The van der Waals surface area contributed by atoms with Crippen LogP contribution in [0.1, 0.15) is 200 Å². The molecule has 5 heteroatoms. The molecule has 0 bridgehead atoms. The number of allylic oxidation sites excluding steroid dienone is 2. The minimum Gasteiger partial charge on any atom is -0.481 e. The van der Waals surface area contributed by atoms with Crippen LogP contribution in [0.3, 0.4) is 0 Å². The lowest BCUT2D eigenvalue weighted by molar-refractivity contribution is -0.150. The summed E-state index contributed by atoms with van der Waals surface area (Å²) in [5.41, 5.74) is 0. The molecule has 3 N–H and O–H groups in total. The van der Waals surface area contributed by atoms with Crippen molar-refractivity contribution in [2.24, 2.45) is 11.8 Å². The third-order valence-electron chi connectivity index (χ3n) is 9.32. The Morgan fingerprint density at radius 3 is 1.16 bits per heavy atom. The topological polar surface area (TPSA) is 94.8 Å². The molecule has 0 aromatic rings. The predicted octanol–water partition coefficient (Wildman–Crippen LogP) is 11.1. The molecule has 0 aliphatic heterocycles. The van der Waals surface area contributed by atoms with Gasteiger partial charge in [-0.05, 0) is 38.5 Å². The van der Waals surface area contributed by atoms with Crippen molar-refractivity contribution in [3.8, 4) is 0 Å². The Morgan fingerprint density at radius 1 is 0.500 bits per heavy atom. The van der Waals surface area contributed by atoms with Crippen molar-refractivity contribution in [3.63, 3.8) is 0 Å². The smallest absolute Gasteiger partial charge is 0.307 e. The predicted molar refractivity (Wildman–Crippen MR) is 187 cm³/mol. The first-order chi connectivity index (χ1) is 21.5. The van der Waals surface area contributed by atoms with E-state index in [0.717, 1.165) is 57.8 Å². The molecule has 3 unspecified atom stereocenters. The summed E-state index contributed by atoms with van der Waals surface area (Å²) in [6.45, 7) is 3.86. The second-order valence-corrected chi connectivity index (χ2v) is 13.4. The highest BCUT2D eigenvalue weighted by Gasteiger charge is 2.35. The molecular formula is C39H74O5. The maximum absolute atomic E-state index is 12.9. The van der Waals surface area contributed by atoms with Crippen molar-refractivity contribution >= 4 is 11.8 Å². The molecule has 0 fully saturated rings. The van der Waals surface area contributed by atoms with Crippen LogP contribution >= 0.6 is 0 Å². The number of unbranched alkanes of at least 4 members (excludes halogenated alkanes) is 24. The summed E-state index contributed by atoms with van der Waals surface area (Å²) in [4.78, 5) is 25.0. The normalized spacial score (nSPS) is 13.8. The molecule has 0 saturated heterocycles. The van der Waals surface area contributed by atoms with Gasteiger partial charge in [0.2, 0.25) is 0 Å². The number of carboxylic acid groups (broad SMARTS) is 1. The molecule has 0 aliphatic rings. The van der Waals surface area contributed by atoms with Crippen LogP contribution in [0.25, 0.3) is 0 Å². The van der Waals surface area contributed by atoms with Gasteiger partial charge in [-0.15, -0.1) is 0 Å². The second-order valence-electron chi connectivity index (χ2n) is 13.4. The van der Waals surface area contributed by atoms with E-state index in [1.807, 2.05) is 0 Å². The third-order valence-corrected chi connectivity index (χ3v) is 9.32. The standard InChI is InChI=1S/C39H74O5/c1-3-5-7-9-11-13-15-17-19-21-22-24-26-28-30-32-35(38(42)37(41)34-40)36(39(43)44)33-31-29-27-25-23-20-18-16-14-12-10-8-6-4-2/h17,19,35-37,40-41H,3-16,18,20-34H2,1-2H3,(H,43,44)/b19-17-. The van der Waals surface area contributed by atoms with Crippen LogP contribution in [0, 0.1) is 11.8 Å². The van der Waals surface area contributed by atoms with Gasteiger partial charge in [-0.25, -0.2) is 0 Å². The highest BCUT2D eigenvalue weighted by Crippen LogP contribution is 2.28. The Kier molecular flexibility index (Phi) is 32.3. The molecule has 0 spiro atoms. The number of rotatable bonds is 35. The third kappa shape index (κ3) is 26.1. The molecule has 0 aromatic carbocycles. The number of carboxylic acids is 1. The number of aliphatic hydroxyl groups is 2. The quantitative estimate of drug-likeness (QED) is 0.0483. The molecule has 0 radical (unpaired) electrons. The van der Waals surface area contributed by atoms with Crippen LogP contribution < -0.4 is 0 Å². The Hall–Kier alpha value is -1.20. The van der Waals surface area contributed by atoms with Crippen LogP contribution in [-0.2, 0) is 9.59 Å². The molecular weight excluding hydrogens is 548 g/mol. The minimum atomic E-state index is -1.48. The first-order valence-corrected chi connectivity index (χ1v) is 19.2. The summed E-state index contributed by atoms with van der Waals surface area (Å²) in [5, 5.41) is 29.4. The zero-order valence-corrected chi connectivity index (χ0v) is 29.3. The molecule has 3 atom stereocenters. The van der Waals surface area contributed by atoms with Crippen LogP contribution in [0.15, 0.2) is 12.2 Å². The van der Waals surface area contributed by atoms with Crippen molar-refractivity contribution in [3.05, 3.63) is 12.2 Å². The van der Waals surface area contributed by atoms with Crippen molar-refractivity contribution in [2.75, 3.05) is 6.61 Å². The van der Waals surface area contributed by atoms with E-state index in [1.165, 1.54) is 116 Å². The number of carbonyl (C=O) groups excluding carboxylic acids is 1. The number of ketones is 1. The highest BCUT2D eigenvalue weighted by molar-refractivity contribution is 5.89. The van der Waals surface area contributed by atoms with Gasteiger partial charge in [0.05, 0.1) is 12.5 Å². The molecule has 44 heavy (non-hydrogen) atoms. The van der Waals surface area contributed by atoms with Crippen LogP contribution in [0.4, 0.5) is 0 Å². The Balaban J connectivity index is 4.19. The fourth-order valence-corrected chi connectivity index (χ4v) is 6.37. The average molecular weight is 623 g/mol. The summed E-state index contributed by atoms with van der Waals surface area (Å²) < 4.78 is 0. The molecule has 0 heterocycles. The Morgan fingerprint density at radius 2 is 0.818 bits per heavy atom. The summed E-state index contributed by atoms with van der Waals surface area (Å²) in [5.74, 6) is -2.95. The first kappa shape index (κ1) is 42.8. The van der Waals surface area contributed by atoms with E-state index in [-0.39, 0.29) is 0 Å². The Labute approximate surface area is 273 Å². The SMILES string of the molecule is CCCCCCCC/C=C\CCCCCCCC(C(=O)C(O)CO)C(CCCCCCCCCCCCCCCC)C(=O)O. The number of Topliss-reactive ketones (excluding diaryl/α,β-unsaturated/α-hetero) is 1. The second kappa shape index (κ2) is 33.2. The minimum absolute atomic E-state index is 0.465. The van der Waals surface area contributed by atoms with Crippen LogP contribution in [0.5, 0.6) is 0 Å². The zero-order valence-electron chi connectivity index (χ0n) is 29.3. The Bertz CT molecular complexity index is 661. The fraction of sp³-hybridized carbons (Fsp3) is 0.897. The largest absolute Gasteiger partial charge is 0.481 e. The van der Waals surface area contributed by atoms with E-state index in [9.17, 15) is 24.9 Å². The average Bonchev–Trinajstić information content (AvgIpc) is 3.02. The van der Waals surface area contributed by atoms with E-state index in [4.69, 9.17) is 0 Å². The number of hydrogen-bond acceptors (Lipinski definition) is 4. The summed E-state index contributed by atoms with van der Waals surface area (Å²) in [7, 11) is 0. The maximum atomic E-state index is 12.9. The summed E-state index contributed by atoms with van der Waals surface area (Å²) >= 11 is 0. The van der Waals surface area contributed by atoms with Gasteiger partial charge in [0, 0.05) is 5.92 Å². The van der Waals surface area contributed by atoms with Crippen molar-refractivity contribution < 1.29 is 24.9 Å². The molecule has 260 valence electrons. The van der Waals surface area contributed by atoms with Gasteiger partial charge in [0.1, 0.15) is 6.10 Å². The van der Waals surface area contributed by atoms with E-state index in [2.05, 4.69) is 26.0 Å². The molecule has 0 rings (SSSR count). The zero-order chi connectivity index (χ0) is 32.5. The molecule has 0 aromatic heterocycles. The molecule has 0 amide bonds. The first-order valence-electron chi connectivity index (χ1n) is 19.2. The molecule has 0 saturated carbocycles. The van der Waals surface area contributed by atoms with Crippen LogP contribution in [0.2, 0.25) is 0 Å². The van der Waals surface area contributed by atoms with Gasteiger partial charge >= 0.3 is 5.97 Å². The van der Waals surface area contributed by atoms with E-state index < -0.39 is 36.3 Å². The number of hydrogen-bond donors (Lipinski definition) is 3. The summed E-state index contributed by atoms with van der Waals surface area (Å²) in [6.07, 6.45) is 37.0. The van der Waals surface area contributed by atoms with Gasteiger partial charge in [0.25, 0.3) is 0 Å². The van der Waals surface area contributed by atoms with Crippen LogP contribution in [-0.4, -0.2) is 39.8 Å². The maximum Gasteiger partial charge on any atom is 0.307 e. The summed E-state index contributed by atoms with van der Waals surface area (Å²) in [6, 6.07) is 0. The number of aliphatic hydroxyl groups excluding tert-OH is 2. The molecule has 5 nitrogen and oxygen atoms in total. The number of carbonyl (C=O) groups is 2. The number of aliphatic carboxylic acids is 1. The highest BCUT2D eigenvalue weighted by atomic mass is 16.4. The fourth-order valence-electron chi connectivity index (χ4n) is 6.37. The van der Waals surface area contributed by atoms with Gasteiger partial charge in [-0.1, -0.05) is 174 Å². The van der Waals surface area contributed by atoms with Gasteiger partial charge in [-0.3, -0.25) is 9.59 Å². The lowest BCUT2D eigenvalue weighted by atomic mass is 9.79. The van der Waals surface area contributed by atoms with Crippen molar-refractivity contribution in [2.45, 2.75) is 206 Å².